The van der Waals surface area contributed by atoms with Crippen LogP contribution in [-0.2, 0) is 6.42 Å². The number of hydrogen-bond acceptors (Lipinski definition) is 3. The van der Waals surface area contributed by atoms with Gasteiger partial charge in [0.15, 0.2) is 0 Å². The minimum Gasteiger partial charge on any atom is -0.398 e. The van der Waals surface area contributed by atoms with Gasteiger partial charge >= 0.3 is 0 Å². The Balaban J connectivity index is 2.40. The molecule has 2 rings (SSSR count). The molecular weight excluding hydrogens is 228 g/mol. The molecule has 0 atom stereocenters. The second-order valence-corrected chi connectivity index (χ2v) is 4.50. The third kappa shape index (κ3) is 2.13. The van der Waals surface area contributed by atoms with E-state index in [1.54, 1.807) is 17.4 Å². The molecule has 0 saturated heterocycles. The summed E-state index contributed by atoms with van der Waals surface area (Å²) in [5.41, 5.74) is 8.49. The fourth-order valence-corrected chi connectivity index (χ4v) is 2.30. The first-order valence-electron chi connectivity index (χ1n) is 4.70. The van der Waals surface area contributed by atoms with Gasteiger partial charge in [-0.05, 0) is 18.6 Å². The lowest BCUT2D eigenvalue weighted by molar-refractivity contribution is 1.07. The average molecular weight is 239 g/mol. The first-order valence-corrected chi connectivity index (χ1v) is 5.96. The van der Waals surface area contributed by atoms with Gasteiger partial charge in [-0.1, -0.05) is 24.6 Å². The summed E-state index contributed by atoms with van der Waals surface area (Å²) in [7, 11) is 0. The summed E-state index contributed by atoms with van der Waals surface area (Å²) in [6, 6.07) is 5.61. The summed E-state index contributed by atoms with van der Waals surface area (Å²) in [6.45, 7) is 2.09. The molecule has 0 saturated carbocycles. The predicted octanol–water partition coefficient (Wildman–Crippen LogP) is 3.61. The number of rotatable bonds is 2. The smallest absolute Gasteiger partial charge is 0.123 e. The monoisotopic (exact) mass is 238 g/mol. The zero-order chi connectivity index (χ0) is 10.8. The SMILES string of the molecule is CCc1csc(-c2ccc(Cl)c(N)c2)n1. The van der Waals surface area contributed by atoms with Crippen LogP contribution >= 0.6 is 22.9 Å². The van der Waals surface area contributed by atoms with Crippen LogP contribution in [0.3, 0.4) is 0 Å². The van der Waals surface area contributed by atoms with Gasteiger partial charge in [0.2, 0.25) is 0 Å². The van der Waals surface area contributed by atoms with Gasteiger partial charge in [0, 0.05) is 10.9 Å². The number of hydrogen-bond donors (Lipinski definition) is 1. The predicted molar refractivity (Wildman–Crippen MR) is 66.4 cm³/mol. The van der Waals surface area contributed by atoms with Crippen molar-refractivity contribution >= 4 is 28.6 Å². The van der Waals surface area contributed by atoms with E-state index < -0.39 is 0 Å². The molecule has 0 amide bonds. The lowest BCUT2D eigenvalue weighted by Crippen LogP contribution is -1.87. The zero-order valence-corrected chi connectivity index (χ0v) is 9.90. The Morgan fingerprint density at radius 1 is 1.47 bits per heavy atom. The van der Waals surface area contributed by atoms with Crippen molar-refractivity contribution in [3.05, 3.63) is 34.3 Å². The molecule has 15 heavy (non-hydrogen) atoms. The van der Waals surface area contributed by atoms with Crippen molar-refractivity contribution in [3.8, 4) is 10.6 Å². The Labute approximate surface area is 97.7 Å². The number of thiazole rings is 1. The third-order valence-electron chi connectivity index (χ3n) is 2.16. The normalized spacial score (nSPS) is 10.5. The molecule has 2 aromatic rings. The van der Waals surface area contributed by atoms with E-state index in [0.717, 1.165) is 22.7 Å². The van der Waals surface area contributed by atoms with E-state index in [9.17, 15) is 0 Å². The topological polar surface area (TPSA) is 38.9 Å². The lowest BCUT2D eigenvalue weighted by atomic mass is 10.2. The molecule has 0 unspecified atom stereocenters. The van der Waals surface area contributed by atoms with E-state index in [1.165, 1.54) is 0 Å². The van der Waals surface area contributed by atoms with Crippen LogP contribution in [0.4, 0.5) is 5.69 Å². The molecule has 78 valence electrons. The molecule has 1 aromatic carbocycles. The molecule has 0 aliphatic rings. The van der Waals surface area contributed by atoms with Crippen molar-refractivity contribution < 1.29 is 0 Å². The molecule has 2 nitrogen and oxygen atoms in total. The van der Waals surface area contributed by atoms with E-state index in [1.807, 2.05) is 12.1 Å². The van der Waals surface area contributed by atoms with Crippen LogP contribution in [0.25, 0.3) is 10.6 Å². The minimum absolute atomic E-state index is 0.589. The Bertz CT molecular complexity index is 479. The molecule has 1 aromatic heterocycles. The van der Waals surface area contributed by atoms with Gasteiger partial charge in [0.05, 0.1) is 16.4 Å². The summed E-state index contributed by atoms with van der Waals surface area (Å²) >= 11 is 7.49. The highest BCUT2D eigenvalue weighted by Gasteiger charge is 2.05. The molecule has 1 heterocycles. The molecule has 0 radical (unpaired) electrons. The van der Waals surface area contributed by atoms with Crippen LogP contribution in [0.2, 0.25) is 5.02 Å². The number of anilines is 1. The van der Waals surface area contributed by atoms with Crippen LogP contribution in [0.5, 0.6) is 0 Å². The van der Waals surface area contributed by atoms with Crippen molar-refractivity contribution in [1.29, 1.82) is 0 Å². The standard InChI is InChI=1S/C11H11ClN2S/c1-2-8-6-15-11(14-8)7-3-4-9(12)10(13)5-7/h3-6H,2,13H2,1H3. The minimum atomic E-state index is 0.589. The first kappa shape index (κ1) is 10.5. The number of halogens is 1. The summed E-state index contributed by atoms with van der Waals surface area (Å²) in [4.78, 5) is 4.49. The number of nitrogen functional groups attached to an aromatic ring is 1. The maximum atomic E-state index is 5.86. The van der Waals surface area contributed by atoms with Crippen molar-refractivity contribution in [3.63, 3.8) is 0 Å². The maximum absolute atomic E-state index is 5.86. The molecule has 0 aliphatic carbocycles. The quantitative estimate of drug-likeness (QED) is 0.812. The highest BCUT2D eigenvalue weighted by molar-refractivity contribution is 7.13. The average Bonchev–Trinajstić information content (AvgIpc) is 2.70. The Morgan fingerprint density at radius 3 is 2.87 bits per heavy atom. The third-order valence-corrected chi connectivity index (χ3v) is 3.44. The van der Waals surface area contributed by atoms with Gasteiger partial charge in [-0.25, -0.2) is 4.98 Å². The number of aryl methyl sites for hydroxylation is 1. The summed E-state index contributed by atoms with van der Waals surface area (Å²) < 4.78 is 0. The fourth-order valence-electron chi connectivity index (χ4n) is 1.28. The second kappa shape index (κ2) is 4.21. The second-order valence-electron chi connectivity index (χ2n) is 3.23. The van der Waals surface area contributed by atoms with Gasteiger partial charge in [0.1, 0.15) is 5.01 Å². The van der Waals surface area contributed by atoms with E-state index in [4.69, 9.17) is 17.3 Å². The highest BCUT2D eigenvalue weighted by Crippen LogP contribution is 2.28. The van der Waals surface area contributed by atoms with Crippen LogP contribution in [0, 0.1) is 0 Å². The molecule has 0 bridgehead atoms. The van der Waals surface area contributed by atoms with Crippen LogP contribution in [-0.4, -0.2) is 4.98 Å². The van der Waals surface area contributed by atoms with Crippen LogP contribution in [0.15, 0.2) is 23.6 Å². The number of nitrogens with two attached hydrogens (primary N) is 1. The molecule has 4 heteroatoms. The van der Waals surface area contributed by atoms with Crippen LogP contribution in [0.1, 0.15) is 12.6 Å². The first-order chi connectivity index (χ1) is 7.20. The van der Waals surface area contributed by atoms with Gasteiger partial charge in [0.25, 0.3) is 0 Å². The van der Waals surface area contributed by atoms with Crippen LogP contribution < -0.4 is 5.73 Å². The van der Waals surface area contributed by atoms with Crippen molar-refractivity contribution in [2.45, 2.75) is 13.3 Å². The summed E-state index contributed by atoms with van der Waals surface area (Å²) in [5, 5.41) is 3.65. The summed E-state index contributed by atoms with van der Waals surface area (Å²) in [5.74, 6) is 0. The van der Waals surface area contributed by atoms with E-state index in [-0.39, 0.29) is 0 Å². The van der Waals surface area contributed by atoms with Gasteiger partial charge in [-0.2, -0.15) is 0 Å². The van der Waals surface area contributed by atoms with Crippen molar-refractivity contribution in [2.75, 3.05) is 5.73 Å². The fraction of sp³-hybridized carbons (Fsp3) is 0.182. The Kier molecular flexibility index (Phi) is 2.93. The number of benzene rings is 1. The molecule has 0 spiro atoms. The van der Waals surface area contributed by atoms with Crippen molar-refractivity contribution in [2.24, 2.45) is 0 Å². The van der Waals surface area contributed by atoms with Crippen molar-refractivity contribution in [1.82, 2.24) is 4.98 Å². The Hall–Kier alpha value is -1.06. The van der Waals surface area contributed by atoms with Gasteiger partial charge in [-0.15, -0.1) is 11.3 Å². The number of aromatic nitrogens is 1. The largest absolute Gasteiger partial charge is 0.398 e. The van der Waals surface area contributed by atoms with E-state index >= 15 is 0 Å². The molecular formula is C11H11ClN2S. The van der Waals surface area contributed by atoms with E-state index in [0.29, 0.717) is 10.7 Å². The van der Waals surface area contributed by atoms with E-state index in [2.05, 4.69) is 17.3 Å². The molecule has 2 N–H and O–H groups in total. The highest BCUT2D eigenvalue weighted by atomic mass is 35.5. The molecule has 0 fully saturated rings. The zero-order valence-electron chi connectivity index (χ0n) is 8.33. The number of nitrogens with zero attached hydrogens (tertiary/aromatic N) is 1. The maximum Gasteiger partial charge on any atom is 0.123 e. The van der Waals surface area contributed by atoms with Gasteiger partial charge < -0.3 is 5.73 Å². The summed E-state index contributed by atoms with van der Waals surface area (Å²) in [6.07, 6.45) is 0.958. The lowest BCUT2D eigenvalue weighted by Gasteiger charge is -2.00. The molecule has 0 aliphatic heterocycles. The van der Waals surface area contributed by atoms with Gasteiger partial charge in [-0.3, -0.25) is 0 Å². The Morgan fingerprint density at radius 2 is 2.27 bits per heavy atom.